The molecule has 0 radical (unpaired) electrons. The lowest BCUT2D eigenvalue weighted by Gasteiger charge is -2.01. The maximum atomic E-state index is 4.89. The smallest absolute Gasteiger partial charge is 0.0462 e. The summed E-state index contributed by atoms with van der Waals surface area (Å²) in [7, 11) is 1.75. The van der Waals surface area contributed by atoms with E-state index >= 15 is 0 Å². The Bertz CT molecular complexity index is 42.0. The standard InChI is InChI=1S/C7H16O.C2H6/c1-7(2)5-4-6-8-3;1-2/h7H,4-6H2,1-3H3;1-2H3. The van der Waals surface area contributed by atoms with Crippen molar-refractivity contribution in [1.29, 1.82) is 0 Å². The second-order valence-corrected chi connectivity index (χ2v) is 2.53. The number of methoxy groups -OCH3 is 1. The third-order valence-corrected chi connectivity index (χ3v) is 1.13. The molecular weight excluding hydrogens is 124 g/mol. The van der Waals surface area contributed by atoms with Crippen molar-refractivity contribution < 1.29 is 4.74 Å². The summed E-state index contributed by atoms with van der Waals surface area (Å²) >= 11 is 0. The second-order valence-electron chi connectivity index (χ2n) is 2.53. The van der Waals surface area contributed by atoms with E-state index in [4.69, 9.17) is 4.74 Å². The first kappa shape index (κ1) is 12.6. The van der Waals surface area contributed by atoms with Crippen molar-refractivity contribution in [3.8, 4) is 0 Å². The summed E-state index contributed by atoms with van der Waals surface area (Å²) < 4.78 is 4.89. The van der Waals surface area contributed by atoms with E-state index in [1.54, 1.807) is 7.11 Å². The summed E-state index contributed by atoms with van der Waals surface area (Å²) in [6.45, 7) is 9.38. The molecule has 0 aromatic rings. The summed E-state index contributed by atoms with van der Waals surface area (Å²) in [4.78, 5) is 0. The minimum absolute atomic E-state index is 0.824. The lowest BCUT2D eigenvalue weighted by Crippen LogP contribution is -1.92. The first-order valence-corrected chi connectivity index (χ1v) is 4.26. The molecule has 0 rings (SSSR count). The van der Waals surface area contributed by atoms with E-state index in [9.17, 15) is 0 Å². The number of hydrogen-bond acceptors (Lipinski definition) is 1. The molecule has 0 heterocycles. The van der Waals surface area contributed by atoms with Gasteiger partial charge in [0.05, 0.1) is 0 Å². The molecule has 0 aromatic carbocycles. The van der Waals surface area contributed by atoms with Crippen LogP contribution >= 0.6 is 0 Å². The molecule has 0 fully saturated rings. The first-order chi connectivity index (χ1) is 4.77. The fourth-order valence-corrected chi connectivity index (χ4v) is 0.636. The molecule has 0 aliphatic heterocycles. The van der Waals surface area contributed by atoms with Gasteiger partial charge in [-0.1, -0.05) is 27.7 Å². The monoisotopic (exact) mass is 146 g/mol. The zero-order valence-electron chi connectivity index (χ0n) is 8.11. The van der Waals surface area contributed by atoms with Gasteiger partial charge in [0, 0.05) is 13.7 Å². The maximum absolute atomic E-state index is 4.89. The van der Waals surface area contributed by atoms with Crippen molar-refractivity contribution in [2.24, 2.45) is 5.92 Å². The molecule has 0 amide bonds. The second kappa shape index (κ2) is 11.7. The van der Waals surface area contributed by atoms with Crippen LogP contribution in [0.15, 0.2) is 0 Å². The molecular formula is C9H22O. The molecule has 0 saturated carbocycles. The van der Waals surface area contributed by atoms with E-state index in [-0.39, 0.29) is 0 Å². The molecule has 0 bridgehead atoms. The Morgan fingerprint density at radius 1 is 1.20 bits per heavy atom. The SMILES string of the molecule is CC.COCCCC(C)C. The van der Waals surface area contributed by atoms with Crippen LogP contribution in [0.4, 0.5) is 0 Å². The van der Waals surface area contributed by atoms with Gasteiger partial charge in [-0.3, -0.25) is 0 Å². The molecule has 0 aliphatic carbocycles. The van der Waals surface area contributed by atoms with Gasteiger partial charge in [0.1, 0.15) is 0 Å². The fraction of sp³-hybridized carbons (Fsp3) is 1.00. The highest BCUT2D eigenvalue weighted by atomic mass is 16.5. The molecule has 0 unspecified atom stereocenters. The van der Waals surface area contributed by atoms with E-state index in [0.717, 1.165) is 12.5 Å². The first-order valence-electron chi connectivity index (χ1n) is 4.26. The summed E-state index contributed by atoms with van der Waals surface area (Å²) in [5.74, 6) is 0.824. The van der Waals surface area contributed by atoms with Crippen molar-refractivity contribution in [2.75, 3.05) is 13.7 Å². The van der Waals surface area contributed by atoms with E-state index in [1.807, 2.05) is 13.8 Å². The van der Waals surface area contributed by atoms with Gasteiger partial charge in [-0.15, -0.1) is 0 Å². The molecule has 0 aliphatic rings. The summed E-state index contributed by atoms with van der Waals surface area (Å²) in [5.41, 5.74) is 0. The fourth-order valence-electron chi connectivity index (χ4n) is 0.636. The van der Waals surface area contributed by atoms with Crippen LogP contribution in [0.2, 0.25) is 0 Å². The van der Waals surface area contributed by atoms with Gasteiger partial charge in [-0.2, -0.15) is 0 Å². The van der Waals surface area contributed by atoms with E-state index < -0.39 is 0 Å². The minimum atomic E-state index is 0.824. The summed E-state index contributed by atoms with van der Waals surface area (Å²) in [6.07, 6.45) is 2.49. The van der Waals surface area contributed by atoms with Crippen LogP contribution in [0.3, 0.4) is 0 Å². The van der Waals surface area contributed by atoms with E-state index in [0.29, 0.717) is 0 Å². The van der Waals surface area contributed by atoms with Gasteiger partial charge in [-0.25, -0.2) is 0 Å². The van der Waals surface area contributed by atoms with Crippen molar-refractivity contribution in [3.05, 3.63) is 0 Å². The van der Waals surface area contributed by atoms with Crippen LogP contribution in [-0.2, 0) is 4.74 Å². The Labute approximate surface area is 65.8 Å². The Hall–Kier alpha value is -0.0400. The summed E-state index contributed by atoms with van der Waals surface area (Å²) in [5, 5.41) is 0. The van der Waals surface area contributed by atoms with Crippen LogP contribution in [0, 0.1) is 5.92 Å². The van der Waals surface area contributed by atoms with Crippen molar-refractivity contribution in [3.63, 3.8) is 0 Å². The van der Waals surface area contributed by atoms with Crippen molar-refractivity contribution in [2.45, 2.75) is 40.5 Å². The highest BCUT2D eigenvalue weighted by Crippen LogP contribution is 2.02. The third kappa shape index (κ3) is 15.7. The average molecular weight is 146 g/mol. The molecule has 0 saturated heterocycles. The van der Waals surface area contributed by atoms with Gasteiger partial charge >= 0.3 is 0 Å². The molecule has 1 heteroatoms. The molecule has 0 aromatic heterocycles. The molecule has 1 nitrogen and oxygen atoms in total. The third-order valence-electron chi connectivity index (χ3n) is 1.13. The Balaban J connectivity index is 0. The lowest BCUT2D eigenvalue weighted by molar-refractivity contribution is 0.189. The van der Waals surface area contributed by atoms with Crippen LogP contribution in [0.5, 0.6) is 0 Å². The predicted molar refractivity (Wildman–Crippen MR) is 47.3 cm³/mol. The van der Waals surface area contributed by atoms with Crippen LogP contribution in [0.1, 0.15) is 40.5 Å². The minimum Gasteiger partial charge on any atom is -0.385 e. The number of ether oxygens (including phenoxy) is 1. The van der Waals surface area contributed by atoms with E-state index in [2.05, 4.69) is 13.8 Å². The van der Waals surface area contributed by atoms with Gasteiger partial charge in [0.25, 0.3) is 0 Å². The van der Waals surface area contributed by atoms with Gasteiger partial charge < -0.3 is 4.74 Å². The van der Waals surface area contributed by atoms with Gasteiger partial charge in [0.2, 0.25) is 0 Å². The molecule has 64 valence electrons. The molecule has 10 heavy (non-hydrogen) atoms. The topological polar surface area (TPSA) is 9.23 Å². The summed E-state index contributed by atoms with van der Waals surface area (Å²) in [6, 6.07) is 0. The van der Waals surface area contributed by atoms with Crippen LogP contribution < -0.4 is 0 Å². The maximum Gasteiger partial charge on any atom is 0.0462 e. The predicted octanol–water partition coefficient (Wildman–Crippen LogP) is 3.10. The van der Waals surface area contributed by atoms with Gasteiger partial charge in [0.15, 0.2) is 0 Å². The van der Waals surface area contributed by atoms with Crippen LogP contribution in [0.25, 0.3) is 0 Å². The Morgan fingerprint density at radius 3 is 2.00 bits per heavy atom. The highest BCUT2D eigenvalue weighted by Gasteiger charge is 1.90. The number of rotatable bonds is 4. The van der Waals surface area contributed by atoms with Crippen molar-refractivity contribution >= 4 is 0 Å². The molecule has 0 spiro atoms. The normalized spacial score (nSPS) is 9.00. The Kier molecular flexibility index (Phi) is 14.8. The molecule has 0 N–H and O–H groups in total. The lowest BCUT2D eigenvalue weighted by atomic mass is 10.1. The zero-order valence-corrected chi connectivity index (χ0v) is 8.11. The van der Waals surface area contributed by atoms with E-state index in [1.165, 1.54) is 12.8 Å². The largest absolute Gasteiger partial charge is 0.385 e. The molecule has 0 atom stereocenters. The average Bonchev–Trinajstić information content (AvgIpc) is 1.92. The van der Waals surface area contributed by atoms with Gasteiger partial charge in [-0.05, 0) is 18.8 Å². The Morgan fingerprint density at radius 2 is 1.70 bits per heavy atom. The quantitative estimate of drug-likeness (QED) is 0.554. The zero-order chi connectivity index (χ0) is 8.41. The highest BCUT2D eigenvalue weighted by molar-refractivity contribution is 4.43. The van der Waals surface area contributed by atoms with Crippen LogP contribution in [-0.4, -0.2) is 13.7 Å². The van der Waals surface area contributed by atoms with Crippen molar-refractivity contribution in [1.82, 2.24) is 0 Å². The number of hydrogen-bond donors (Lipinski definition) is 0.